The van der Waals surface area contributed by atoms with Crippen LogP contribution < -0.4 is 0 Å². The monoisotopic (exact) mass is 338 g/mol. The molecule has 0 amide bonds. The fourth-order valence-corrected chi connectivity index (χ4v) is 6.32. The molecule has 0 aliphatic carbocycles. The van der Waals surface area contributed by atoms with Gasteiger partial charge in [-0.25, -0.2) is 0 Å². The maximum absolute atomic E-state index is 12.9. The van der Waals surface area contributed by atoms with Crippen LogP contribution in [-0.2, 0) is 19.2 Å². The standard InChI is InChI=1S/C18H30O4Si/c1-7-8-9-12-23(6)15(21)13(19)17(2,3)10-11-18(4,5)14(20)16(23)22/h7-12H2,1-6H3. The van der Waals surface area contributed by atoms with Crippen molar-refractivity contribution < 1.29 is 19.2 Å². The minimum Gasteiger partial charge on any atom is -0.296 e. The van der Waals surface area contributed by atoms with E-state index < -0.39 is 41.3 Å². The van der Waals surface area contributed by atoms with Crippen LogP contribution in [0.4, 0.5) is 0 Å². The van der Waals surface area contributed by atoms with Gasteiger partial charge in [0, 0.05) is 10.8 Å². The number of Topliss-reactive ketones (excluding diaryl/α,β-unsaturated/α-hetero) is 2. The number of rotatable bonds is 4. The van der Waals surface area contributed by atoms with Gasteiger partial charge in [0.15, 0.2) is 22.4 Å². The molecule has 1 heterocycles. The number of carbonyl (C=O) groups excluding carboxylic acids is 4. The molecule has 5 heteroatoms. The maximum Gasteiger partial charge on any atom is 0.225 e. The molecule has 0 aromatic rings. The first-order valence-electron chi connectivity index (χ1n) is 8.58. The second kappa shape index (κ2) is 6.79. The van der Waals surface area contributed by atoms with Gasteiger partial charge in [0.1, 0.15) is 0 Å². The van der Waals surface area contributed by atoms with Gasteiger partial charge >= 0.3 is 0 Å². The van der Waals surface area contributed by atoms with Crippen LogP contribution in [0, 0.1) is 10.8 Å². The van der Waals surface area contributed by atoms with E-state index in [2.05, 4.69) is 0 Å². The summed E-state index contributed by atoms with van der Waals surface area (Å²) in [6.45, 7) is 10.7. The van der Waals surface area contributed by atoms with E-state index in [1.807, 2.05) is 6.92 Å². The summed E-state index contributed by atoms with van der Waals surface area (Å²) in [4.78, 5) is 51.2. The Morgan fingerprint density at radius 3 is 1.57 bits per heavy atom. The first-order valence-corrected chi connectivity index (χ1v) is 11.3. The highest BCUT2D eigenvalue weighted by Gasteiger charge is 2.55. The van der Waals surface area contributed by atoms with Crippen LogP contribution in [0.15, 0.2) is 0 Å². The molecule has 130 valence electrons. The summed E-state index contributed by atoms with van der Waals surface area (Å²) in [6, 6.07) is 0.405. The first-order chi connectivity index (χ1) is 10.4. The minimum atomic E-state index is -3.28. The fraction of sp³-hybridized carbons (Fsp3) is 0.778. The van der Waals surface area contributed by atoms with Gasteiger partial charge in [-0.1, -0.05) is 60.4 Å². The molecular formula is C18H30O4Si. The molecule has 0 bridgehead atoms. The van der Waals surface area contributed by atoms with E-state index in [0.29, 0.717) is 18.9 Å². The molecule has 4 nitrogen and oxygen atoms in total. The Balaban J connectivity index is 3.37. The number of hydrogen-bond donors (Lipinski definition) is 0. The molecule has 0 spiro atoms. The Morgan fingerprint density at radius 2 is 1.22 bits per heavy atom. The van der Waals surface area contributed by atoms with Gasteiger partial charge in [-0.2, -0.15) is 0 Å². The maximum atomic E-state index is 12.9. The second-order valence-corrected chi connectivity index (χ2v) is 12.4. The molecule has 0 radical (unpaired) electrons. The quantitative estimate of drug-likeness (QED) is 0.447. The van der Waals surface area contributed by atoms with E-state index in [4.69, 9.17) is 0 Å². The van der Waals surface area contributed by atoms with Crippen LogP contribution in [0.1, 0.15) is 66.7 Å². The zero-order valence-corrected chi connectivity index (χ0v) is 16.4. The summed E-state index contributed by atoms with van der Waals surface area (Å²) < 4.78 is 0. The zero-order valence-electron chi connectivity index (χ0n) is 15.4. The van der Waals surface area contributed by atoms with E-state index in [-0.39, 0.29) is 0 Å². The van der Waals surface area contributed by atoms with E-state index in [1.165, 1.54) is 0 Å². The molecule has 1 fully saturated rings. The summed E-state index contributed by atoms with van der Waals surface area (Å²) in [6.07, 6.45) is 3.48. The number of unbranched alkanes of at least 4 members (excludes halogenated alkanes) is 2. The lowest BCUT2D eigenvalue weighted by atomic mass is 9.75. The lowest BCUT2D eigenvalue weighted by molar-refractivity contribution is -0.139. The Morgan fingerprint density at radius 1 is 0.826 bits per heavy atom. The third kappa shape index (κ3) is 3.87. The average Bonchev–Trinajstić information content (AvgIpc) is 2.50. The molecule has 1 saturated heterocycles. The number of hydrogen-bond acceptors (Lipinski definition) is 4. The molecule has 0 atom stereocenters. The van der Waals surface area contributed by atoms with E-state index >= 15 is 0 Å². The highest BCUT2D eigenvalue weighted by molar-refractivity contribution is 7.34. The van der Waals surface area contributed by atoms with Crippen molar-refractivity contribution in [2.24, 2.45) is 10.8 Å². The zero-order chi connectivity index (χ0) is 18.1. The predicted molar refractivity (Wildman–Crippen MR) is 92.8 cm³/mol. The molecule has 0 N–H and O–H groups in total. The molecule has 1 rings (SSSR count). The summed E-state index contributed by atoms with van der Waals surface area (Å²) in [7, 11) is -3.28. The van der Waals surface area contributed by atoms with Gasteiger partial charge in [-0.3, -0.25) is 19.2 Å². The molecule has 1 aliphatic rings. The van der Waals surface area contributed by atoms with Crippen molar-refractivity contribution in [2.75, 3.05) is 0 Å². The number of ketones is 2. The highest BCUT2D eigenvalue weighted by atomic mass is 28.3. The third-order valence-corrected chi connectivity index (χ3v) is 9.11. The van der Waals surface area contributed by atoms with Gasteiger partial charge in [-0.15, -0.1) is 0 Å². The Hall–Kier alpha value is -1.10. The molecule has 0 aromatic carbocycles. The van der Waals surface area contributed by atoms with Crippen molar-refractivity contribution in [1.29, 1.82) is 0 Å². The lowest BCUT2D eigenvalue weighted by Gasteiger charge is -2.26. The summed E-state index contributed by atoms with van der Waals surface area (Å²) >= 11 is 0. The Kier molecular flexibility index (Phi) is 5.89. The molecule has 0 unspecified atom stereocenters. The summed E-state index contributed by atoms with van der Waals surface area (Å²) in [5.74, 6) is -0.913. The van der Waals surface area contributed by atoms with E-state index in [0.717, 1.165) is 19.3 Å². The molecule has 0 saturated carbocycles. The normalized spacial score (nSPS) is 24.1. The first kappa shape index (κ1) is 19.9. The van der Waals surface area contributed by atoms with Gasteiger partial charge in [0.05, 0.1) is 0 Å². The molecule has 0 aromatic heterocycles. The van der Waals surface area contributed by atoms with Gasteiger partial charge in [0.25, 0.3) is 0 Å². The topological polar surface area (TPSA) is 68.3 Å². The minimum absolute atomic E-state index is 0.405. The highest BCUT2D eigenvalue weighted by Crippen LogP contribution is 2.37. The van der Waals surface area contributed by atoms with Crippen molar-refractivity contribution in [3.8, 4) is 0 Å². The Bertz CT molecular complexity index is 491. The van der Waals surface area contributed by atoms with Crippen LogP contribution in [0.25, 0.3) is 0 Å². The predicted octanol–water partition coefficient (Wildman–Crippen LogP) is 3.46. The molecular weight excluding hydrogens is 308 g/mol. The largest absolute Gasteiger partial charge is 0.296 e. The second-order valence-electron chi connectivity index (χ2n) is 8.37. The van der Waals surface area contributed by atoms with Crippen molar-refractivity contribution in [3.05, 3.63) is 0 Å². The lowest BCUT2D eigenvalue weighted by Crippen LogP contribution is -2.58. The summed E-state index contributed by atoms with van der Waals surface area (Å²) in [5, 5.41) is -1.09. The summed E-state index contributed by atoms with van der Waals surface area (Å²) in [5.41, 5.74) is -1.61. The van der Waals surface area contributed by atoms with Crippen LogP contribution >= 0.6 is 0 Å². The van der Waals surface area contributed by atoms with Crippen LogP contribution in [0.3, 0.4) is 0 Å². The van der Waals surface area contributed by atoms with E-state index in [1.54, 1.807) is 34.2 Å². The van der Waals surface area contributed by atoms with Crippen molar-refractivity contribution in [3.63, 3.8) is 0 Å². The van der Waals surface area contributed by atoms with Gasteiger partial charge in [0.2, 0.25) is 8.07 Å². The van der Waals surface area contributed by atoms with Crippen molar-refractivity contribution in [1.82, 2.24) is 0 Å². The van der Waals surface area contributed by atoms with E-state index in [9.17, 15) is 19.2 Å². The molecule has 23 heavy (non-hydrogen) atoms. The van der Waals surface area contributed by atoms with Crippen molar-refractivity contribution >= 4 is 30.5 Å². The van der Waals surface area contributed by atoms with Crippen molar-refractivity contribution in [2.45, 2.75) is 79.3 Å². The SMILES string of the molecule is CCCCC[Si]1(C)C(=O)C(=O)C(C)(C)CCC(C)(C)C(=O)C1=O. The fourth-order valence-electron chi connectivity index (χ4n) is 3.03. The average molecular weight is 339 g/mol. The van der Waals surface area contributed by atoms with Crippen LogP contribution in [0.2, 0.25) is 12.6 Å². The van der Waals surface area contributed by atoms with Crippen LogP contribution in [0.5, 0.6) is 0 Å². The number of carbonyl (C=O) groups is 4. The van der Waals surface area contributed by atoms with Gasteiger partial charge < -0.3 is 0 Å². The van der Waals surface area contributed by atoms with Gasteiger partial charge in [-0.05, 0) is 18.9 Å². The smallest absolute Gasteiger partial charge is 0.225 e. The Labute approximate surface area is 140 Å². The third-order valence-electron chi connectivity index (χ3n) is 5.30. The van der Waals surface area contributed by atoms with Crippen LogP contribution in [-0.4, -0.2) is 30.5 Å². The molecule has 1 aliphatic heterocycles.